The van der Waals surface area contributed by atoms with Gasteiger partial charge in [0.25, 0.3) is 11.5 Å². The third-order valence-corrected chi connectivity index (χ3v) is 6.34. The summed E-state index contributed by atoms with van der Waals surface area (Å²) in [5.41, 5.74) is 0.926. The van der Waals surface area contributed by atoms with Crippen molar-refractivity contribution in [2.45, 2.75) is 39.7 Å². The number of thiophene rings is 1. The lowest BCUT2D eigenvalue weighted by Crippen LogP contribution is -2.20. The van der Waals surface area contributed by atoms with E-state index in [0.717, 1.165) is 19.3 Å². The number of nitrogens with one attached hydrogen (secondary N) is 1. The van der Waals surface area contributed by atoms with Crippen LogP contribution in [0, 0.1) is 6.92 Å². The van der Waals surface area contributed by atoms with E-state index in [9.17, 15) is 9.59 Å². The number of anilines is 1. The molecule has 0 aliphatic rings. The quantitative estimate of drug-likeness (QED) is 0.495. The molecule has 160 valence electrons. The van der Waals surface area contributed by atoms with Gasteiger partial charge in [-0.2, -0.15) is 0 Å². The lowest BCUT2D eigenvalue weighted by molar-refractivity contribution is 0.102. The van der Waals surface area contributed by atoms with E-state index in [0.29, 0.717) is 49.4 Å². The Morgan fingerprint density at radius 3 is 2.63 bits per heavy atom. The molecule has 1 aromatic carbocycles. The molecule has 0 aliphatic heterocycles. The van der Waals surface area contributed by atoms with Gasteiger partial charge in [0.1, 0.15) is 16.3 Å². The third-order valence-electron chi connectivity index (χ3n) is 4.85. The SMILES string of the molecule is CCCCCn1cnc2sc(C(=O)Nc3cc(OC)c(Cl)cc3OC)c(C)c2c1=O. The first-order valence-electron chi connectivity index (χ1n) is 9.62. The van der Waals surface area contributed by atoms with Gasteiger partial charge >= 0.3 is 0 Å². The van der Waals surface area contributed by atoms with E-state index in [1.807, 2.05) is 0 Å². The van der Waals surface area contributed by atoms with Crippen LogP contribution in [0.25, 0.3) is 10.2 Å². The number of halogens is 1. The fourth-order valence-electron chi connectivity index (χ4n) is 3.20. The number of methoxy groups -OCH3 is 2. The topological polar surface area (TPSA) is 82.5 Å². The molecule has 30 heavy (non-hydrogen) atoms. The van der Waals surface area contributed by atoms with Crippen LogP contribution in [-0.4, -0.2) is 29.7 Å². The van der Waals surface area contributed by atoms with Crippen LogP contribution in [0.5, 0.6) is 11.5 Å². The van der Waals surface area contributed by atoms with Crippen LogP contribution in [-0.2, 0) is 6.54 Å². The molecule has 7 nitrogen and oxygen atoms in total. The van der Waals surface area contributed by atoms with E-state index in [-0.39, 0.29) is 11.5 Å². The Kier molecular flexibility index (Phi) is 6.99. The summed E-state index contributed by atoms with van der Waals surface area (Å²) in [7, 11) is 2.98. The number of aryl methyl sites for hydroxylation is 2. The van der Waals surface area contributed by atoms with Crippen LogP contribution < -0.4 is 20.3 Å². The van der Waals surface area contributed by atoms with Crippen molar-refractivity contribution < 1.29 is 14.3 Å². The molecule has 0 aliphatic carbocycles. The van der Waals surface area contributed by atoms with Crippen LogP contribution in [0.3, 0.4) is 0 Å². The van der Waals surface area contributed by atoms with Crippen LogP contribution in [0.1, 0.15) is 41.4 Å². The van der Waals surface area contributed by atoms with Gasteiger partial charge in [-0.05, 0) is 18.9 Å². The van der Waals surface area contributed by atoms with Gasteiger partial charge in [-0.25, -0.2) is 4.98 Å². The molecule has 9 heteroatoms. The molecule has 0 radical (unpaired) electrons. The number of ether oxygens (including phenoxy) is 2. The molecule has 2 aromatic heterocycles. The molecule has 0 saturated carbocycles. The summed E-state index contributed by atoms with van der Waals surface area (Å²) in [6, 6.07) is 3.17. The highest BCUT2D eigenvalue weighted by Crippen LogP contribution is 2.37. The molecule has 2 heterocycles. The van der Waals surface area contributed by atoms with E-state index in [1.165, 1.54) is 25.6 Å². The predicted molar refractivity (Wildman–Crippen MR) is 121 cm³/mol. The van der Waals surface area contributed by atoms with E-state index in [4.69, 9.17) is 21.1 Å². The lowest BCUT2D eigenvalue weighted by Gasteiger charge is -2.13. The zero-order chi connectivity index (χ0) is 21.8. The van der Waals surface area contributed by atoms with Crippen molar-refractivity contribution in [3.8, 4) is 11.5 Å². The average Bonchev–Trinajstić information content (AvgIpc) is 3.08. The minimum absolute atomic E-state index is 0.116. The second-order valence-electron chi connectivity index (χ2n) is 6.83. The molecule has 1 amide bonds. The maximum absolute atomic E-state index is 13.0. The zero-order valence-electron chi connectivity index (χ0n) is 17.4. The highest BCUT2D eigenvalue weighted by molar-refractivity contribution is 7.20. The van der Waals surface area contributed by atoms with Crippen molar-refractivity contribution in [1.29, 1.82) is 0 Å². The van der Waals surface area contributed by atoms with Gasteiger partial charge in [0.2, 0.25) is 0 Å². The highest BCUT2D eigenvalue weighted by Gasteiger charge is 2.21. The molecule has 3 aromatic rings. The molecule has 0 atom stereocenters. The zero-order valence-corrected chi connectivity index (χ0v) is 18.9. The Bertz CT molecular complexity index is 1140. The third kappa shape index (κ3) is 4.29. The minimum Gasteiger partial charge on any atom is -0.495 e. The van der Waals surface area contributed by atoms with Crippen molar-refractivity contribution in [3.05, 3.63) is 44.3 Å². The molecule has 0 bridgehead atoms. The van der Waals surface area contributed by atoms with Crippen molar-refractivity contribution in [3.63, 3.8) is 0 Å². The fraction of sp³-hybridized carbons (Fsp3) is 0.381. The largest absolute Gasteiger partial charge is 0.495 e. The summed E-state index contributed by atoms with van der Waals surface area (Å²) in [6.45, 7) is 4.50. The van der Waals surface area contributed by atoms with Crippen LogP contribution in [0.4, 0.5) is 5.69 Å². The van der Waals surface area contributed by atoms with E-state index >= 15 is 0 Å². The minimum atomic E-state index is -0.352. The van der Waals surface area contributed by atoms with Gasteiger partial charge in [-0.3, -0.25) is 14.2 Å². The van der Waals surface area contributed by atoms with E-state index in [1.54, 1.807) is 30.0 Å². The highest BCUT2D eigenvalue weighted by atomic mass is 35.5. The first-order valence-corrected chi connectivity index (χ1v) is 10.8. The Morgan fingerprint density at radius 1 is 1.23 bits per heavy atom. The summed E-state index contributed by atoms with van der Waals surface area (Å²) in [6.07, 6.45) is 4.60. The smallest absolute Gasteiger partial charge is 0.266 e. The lowest BCUT2D eigenvalue weighted by atomic mass is 10.2. The van der Waals surface area contributed by atoms with E-state index in [2.05, 4.69) is 17.2 Å². The van der Waals surface area contributed by atoms with Gasteiger partial charge < -0.3 is 14.8 Å². The maximum atomic E-state index is 13.0. The Hall–Kier alpha value is -2.58. The number of aromatic nitrogens is 2. The van der Waals surface area contributed by atoms with Crippen LogP contribution in [0.15, 0.2) is 23.3 Å². The molecule has 1 N–H and O–H groups in total. The maximum Gasteiger partial charge on any atom is 0.266 e. The van der Waals surface area contributed by atoms with Crippen LogP contribution >= 0.6 is 22.9 Å². The van der Waals surface area contributed by atoms with Crippen molar-refractivity contribution in [1.82, 2.24) is 9.55 Å². The first kappa shape index (κ1) is 22.1. The number of carbonyl (C=O) groups is 1. The van der Waals surface area contributed by atoms with E-state index < -0.39 is 0 Å². The number of fused-ring (bicyclic) bond motifs is 1. The molecule has 3 rings (SSSR count). The number of nitrogens with zero attached hydrogens (tertiary/aromatic N) is 2. The van der Waals surface area contributed by atoms with Crippen molar-refractivity contribution in [2.24, 2.45) is 0 Å². The number of rotatable bonds is 8. The average molecular weight is 450 g/mol. The summed E-state index contributed by atoms with van der Waals surface area (Å²) < 4.78 is 12.2. The second-order valence-corrected chi connectivity index (χ2v) is 8.23. The van der Waals surface area contributed by atoms with Gasteiger partial charge in [0.05, 0.1) is 41.5 Å². The van der Waals surface area contributed by atoms with Crippen molar-refractivity contribution >= 4 is 44.7 Å². The monoisotopic (exact) mass is 449 g/mol. The Morgan fingerprint density at radius 2 is 1.97 bits per heavy atom. The number of carbonyl (C=O) groups excluding carboxylic acids is 1. The second kappa shape index (κ2) is 9.49. The standard InChI is InChI=1S/C21H24ClN3O4S/c1-5-6-7-8-25-11-23-20-17(21(25)27)12(2)18(30-20)19(26)24-14-10-15(28-3)13(22)9-16(14)29-4/h9-11H,5-8H2,1-4H3,(H,24,26). The first-order chi connectivity index (χ1) is 14.4. The molecule has 0 unspecified atom stereocenters. The summed E-state index contributed by atoms with van der Waals surface area (Å²) in [5, 5.41) is 3.69. The number of hydrogen-bond acceptors (Lipinski definition) is 6. The van der Waals surface area contributed by atoms with Gasteiger partial charge in [-0.15, -0.1) is 11.3 Å². The van der Waals surface area contributed by atoms with Crippen LogP contribution in [0.2, 0.25) is 5.02 Å². The van der Waals surface area contributed by atoms with Crippen molar-refractivity contribution in [2.75, 3.05) is 19.5 Å². The molecule has 0 spiro atoms. The fourth-order valence-corrected chi connectivity index (χ4v) is 4.47. The van der Waals surface area contributed by atoms with Gasteiger partial charge in [-0.1, -0.05) is 31.4 Å². The molecule has 0 saturated heterocycles. The Labute approximate surface area is 183 Å². The number of amides is 1. The molecular weight excluding hydrogens is 426 g/mol. The molecular formula is C21H24ClN3O4S. The summed E-state index contributed by atoms with van der Waals surface area (Å²) >= 11 is 7.32. The Balaban J connectivity index is 1.95. The normalized spacial score (nSPS) is 11.0. The van der Waals surface area contributed by atoms with Gasteiger partial charge in [0.15, 0.2) is 0 Å². The van der Waals surface area contributed by atoms with Gasteiger partial charge in [0, 0.05) is 18.7 Å². The summed E-state index contributed by atoms with van der Waals surface area (Å²) in [5.74, 6) is 0.469. The number of unbranched alkanes of at least 4 members (excludes halogenated alkanes) is 2. The summed E-state index contributed by atoms with van der Waals surface area (Å²) in [4.78, 5) is 31.3. The predicted octanol–water partition coefficient (Wildman–Crippen LogP) is 4.88. The molecule has 0 fully saturated rings. The number of benzene rings is 1. The number of hydrogen-bond donors (Lipinski definition) is 1.